The second-order valence-corrected chi connectivity index (χ2v) is 3.28. The van der Waals surface area contributed by atoms with Gasteiger partial charge in [-0.2, -0.15) is 0 Å². The van der Waals surface area contributed by atoms with Gasteiger partial charge in [-0.05, 0) is 18.6 Å². The maximum Gasteiger partial charge on any atom is 0.217 e. The van der Waals surface area contributed by atoms with Gasteiger partial charge in [0.15, 0.2) is 0 Å². The Morgan fingerprint density at radius 1 is 1.67 bits per heavy atom. The summed E-state index contributed by atoms with van der Waals surface area (Å²) in [6, 6.07) is 1.85. The van der Waals surface area contributed by atoms with Crippen molar-refractivity contribution in [2.45, 2.75) is 13.8 Å². The average molecular weight is 205 g/mol. The molecule has 0 spiro atoms. The maximum atomic E-state index is 10.6. The number of nitrogens with two attached hydrogens (primary N) is 1. The smallest absolute Gasteiger partial charge is 0.217 e. The van der Waals surface area contributed by atoms with Crippen molar-refractivity contribution in [3.05, 3.63) is 29.6 Å². The summed E-state index contributed by atoms with van der Waals surface area (Å²) in [7, 11) is 0. The summed E-state index contributed by atoms with van der Waals surface area (Å²) in [5.74, 6) is -0.0397. The highest BCUT2D eigenvalue weighted by Gasteiger charge is 1.95. The molecule has 0 aliphatic carbocycles. The van der Waals surface area contributed by atoms with Gasteiger partial charge in [0.25, 0.3) is 0 Å². The summed E-state index contributed by atoms with van der Waals surface area (Å²) in [5, 5.41) is 2.67. The maximum absolute atomic E-state index is 10.6. The third-order valence-corrected chi connectivity index (χ3v) is 1.91. The monoisotopic (exact) mass is 205 g/mol. The van der Waals surface area contributed by atoms with E-state index in [4.69, 9.17) is 5.73 Å². The second-order valence-electron chi connectivity index (χ2n) is 3.28. The molecule has 1 aromatic rings. The van der Waals surface area contributed by atoms with Crippen LogP contribution in [0.3, 0.4) is 0 Å². The Morgan fingerprint density at radius 2 is 2.40 bits per heavy atom. The van der Waals surface area contributed by atoms with Crippen LogP contribution in [0.15, 0.2) is 18.3 Å². The zero-order valence-electron chi connectivity index (χ0n) is 8.95. The minimum absolute atomic E-state index is 0.0397. The van der Waals surface area contributed by atoms with Crippen molar-refractivity contribution >= 4 is 17.7 Å². The van der Waals surface area contributed by atoms with Gasteiger partial charge in [0.1, 0.15) is 0 Å². The van der Waals surface area contributed by atoms with Crippen molar-refractivity contribution in [2.75, 3.05) is 12.3 Å². The van der Waals surface area contributed by atoms with Gasteiger partial charge in [0.05, 0.1) is 11.9 Å². The van der Waals surface area contributed by atoms with Crippen LogP contribution < -0.4 is 11.1 Å². The van der Waals surface area contributed by atoms with E-state index in [1.54, 1.807) is 6.20 Å². The Hall–Kier alpha value is -1.84. The molecule has 0 radical (unpaired) electrons. The molecular formula is C11H15N3O. The van der Waals surface area contributed by atoms with Crippen LogP contribution in [-0.2, 0) is 4.79 Å². The minimum atomic E-state index is -0.0397. The number of aryl methyl sites for hydroxylation is 1. The van der Waals surface area contributed by atoms with E-state index in [2.05, 4.69) is 10.3 Å². The number of aromatic nitrogens is 1. The molecule has 4 heteroatoms. The summed E-state index contributed by atoms with van der Waals surface area (Å²) in [4.78, 5) is 14.7. The van der Waals surface area contributed by atoms with Crippen LogP contribution in [0.25, 0.3) is 6.08 Å². The predicted molar refractivity (Wildman–Crippen MR) is 61.1 cm³/mol. The average Bonchev–Trinajstić information content (AvgIpc) is 2.17. The fourth-order valence-electron chi connectivity index (χ4n) is 1.12. The molecule has 3 N–H and O–H groups in total. The fourth-order valence-corrected chi connectivity index (χ4v) is 1.12. The van der Waals surface area contributed by atoms with Crippen molar-refractivity contribution in [3.63, 3.8) is 0 Å². The van der Waals surface area contributed by atoms with Gasteiger partial charge in [0, 0.05) is 19.2 Å². The lowest BCUT2D eigenvalue weighted by molar-refractivity contribution is -0.118. The number of carbonyl (C=O) groups is 1. The number of carbonyl (C=O) groups excluding carboxylic acids is 1. The number of pyridine rings is 1. The van der Waals surface area contributed by atoms with Gasteiger partial charge in [-0.15, -0.1) is 0 Å². The van der Waals surface area contributed by atoms with Gasteiger partial charge >= 0.3 is 0 Å². The van der Waals surface area contributed by atoms with Crippen molar-refractivity contribution in [3.8, 4) is 0 Å². The van der Waals surface area contributed by atoms with E-state index < -0.39 is 0 Å². The minimum Gasteiger partial charge on any atom is -0.397 e. The number of nitrogens with one attached hydrogen (secondary N) is 1. The Morgan fingerprint density at radius 3 is 3.07 bits per heavy atom. The molecule has 4 nitrogen and oxygen atoms in total. The first-order valence-electron chi connectivity index (χ1n) is 4.72. The normalized spacial score (nSPS) is 10.5. The van der Waals surface area contributed by atoms with E-state index in [0.29, 0.717) is 12.2 Å². The Balaban J connectivity index is 2.63. The highest BCUT2D eigenvalue weighted by Crippen LogP contribution is 2.10. The molecule has 0 bridgehead atoms. The molecule has 1 aromatic heterocycles. The van der Waals surface area contributed by atoms with Crippen molar-refractivity contribution in [1.29, 1.82) is 0 Å². The summed E-state index contributed by atoms with van der Waals surface area (Å²) in [5.41, 5.74) is 8.14. The third-order valence-electron chi connectivity index (χ3n) is 1.91. The number of hydrogen-bond donors (Lipinski definition) is 2. The molecular weight excluding hydrogens is 190 g/mol. The van der Waals surface area contributed by atoms with Gasteiger partial charge in [-0.25, -0.2) is 0 Å². The summed E-state index contributed by atoms with van der Waals surface area (Å²) < 4.78 is 0. The molecule has 1 amide bonds. The lowest BCUT2D eigenvalue weighted by Gasteiger charge is -2.00. The molecule has 0 unspecified atom stereocenters. The van der Waals surface area contributed by atoms with Gasteiger partial charge < -0.3 is 11.1 Å². The van der Waals surface area contributed by atoms with Crippen molar-refractivity contribution in [1.82, 2.24) is 10.3 Å². The van der Waals surface area contributed by atoms with E-state index in [9.17, 15) is 4.79 Å². The fraction of sp³-hybridized carbons (Fsp3) is 0.273. The third kappa shape index (κ3) is 3.81. The summed E-state index contributed by atoms with van der Waals surface area (Å²) in [6.45, 7) is 3.92. The highest BCUT2D eigenvalue weighted by atomic mass is 16.1. The number of rotatable bonds is 3. The van der Waals surface area contributed by atoms with E-state index in [1.165, 1.54) is 6.92 Å². The molecule has 0 saturated carbocycles. The van der Waals surface area contributed by atoms with Gasteiger partial charge in [-0.1, -0.05) is 12.2 Å². The summed E-state index contributed by atoms with van der Waals surface area (Å²) in [6.07, 6.45) is 5.39. The molecule has 1 rings (SSSR count). The lowest BCUT2D eigenvalue weighted by atomic mass is 10.2. The molecule has 0 aromatic carbocycles. The van der Waals surface area contributed by atoms with E-state index in [-0.39, 0.29) is 5.91 Å². The number of hydrogen-bond acceptors (Lipinski definition) is 3. The first kappa shape index (κ1) is 11.2. The summed E-state index contributed by atoms with van der Waals surface area (Å²) >= 11 is 0. The van der Waals surface area contributed by atoms with Crippen molar-refractivity contribution < 1.29 is 4.79 Å². The zero-order valence-corrected chi connectivity index (χ0v) is 8.95. The molecule has 0 aliphatic heterocycles. The molecule has 0 aliphatic rings. The van der Waals surface area contributed by atoms with E-state index in [1.807, 2.05) is 25.1 Å². The standard InChI is InChI=1S/C11H15N3O/c1-8-10(6-11(12)7-14-8)4-3-5-13-9(2)15/h3-4,6-7H,5,12H2,1-2H3,(H,13,15). The highest BCUT2D eigenvalue weighted by molar-refractivity contribution is 5.73. The van der Waals surface area contributed by atoms with E-state index >= 15 is 0 Å². The van der Waals surface area contributed by atoms with Crippen LogP contribution in [-0.4, -0.2) is 17.4 Å². The quantitative estimate of drug-likeness (QED) is 0.777. The number of nitrogens with zero attached hydrogens (tertiary/aromatic N) is 1. The lowest BCUT2D eigenvalue weighted by Crippen LogP contribution is -2.19. The molecule has 0 fully saturated rings. The Labute approximate surface area is 89.2 Å². The van der Waals surface area contributed by atoms with Gasteiger partial charge in [0.2, 0.25) is 5.91 Å². The second kappa shape index (κ2) is 5.14. The molecule has 1 heterocycles. The molecule has 15 heavy (non-hydrogen) atoms. The first-order valence-corrected chi connectivity index (χ1v) is 4.72. The number of anilines is 1. The molecule has 0 saturated heterocycles. The van der Waals surface area contributed by atoms with Crippen LogP contribution in [0.1, 0.15) is 18.2 Å². The van der Waals surface area contributed by atoms with Crippen LogP contribution in [0.5, 0.6) is 0 Å². The van der Waals surface area contributed by atoms with E-state index in [0.717, 1.165) is 11.3 Å². The largest absolute Gasteiger partial charge is 0.397 e. The van der Waals surface area contributed by atoms with Crippen LogP contribution in [0, 0.1) is 6.92 Å². The Kier molecular flexibility index (Phi) is 3.85. The van der Waals surface area contributed by atoms with Crippen molar-refractivity contribution in [2.24, 2.45) is 0 Å². The molecule has 80 valence electrons. The number of nitrogen functional groups attached to an aromatic ring is 1. The number of amides is 1. The SMILES string of the molecule is CC(=O)NCC=Cc1cc(N)cnc1C. The zero-order chi connectivity index (χ0) is 11.3. The Bertz CT molecular complexity index is 385. The van der Waals surface area contributed by atoms with Crippen LogP contribution in [0.2, 0.25) is 0 Å². The van der Waals surface area contributed by atoms with Crippen LogP contribution >= 0.6 is 0 Å². The van der Waals surface area contributed by atoms with Gasteiger partial charge in [-0.3, -0.25) is 9.78 Å². The van der Waals surface area contributed by atoms with Crippen LogP contribution in [0.4, 0.5) is 5.69 Å². The predicted octanol–water partition coefficient (Wildman–Crippen LogP) is 1.12. The molecule has 0 atom stereocenters. The first-order chi connectivity index (χ1) is 7.09. The topological polar surface area (TPSA) is 68.0 Å².